The van der Waals surface area contributed by atoms with Crippen molar-refractivity contribution in [2.24, 2.45) is 35.3 Å². The first-order valence-corrected chi connectivity index (χ1v) is 7.48. The average Bonchev–Trinajstić information content (AvgIpc) is 3.07. The minimum Gasteiger partial charge on any atom is -0.481 e. The number of nitrogens with zero attached hydrogens (tertiary/aromatic N) is 1. The molecule has 1 saturated heterocycles. The van der Waals surface area contributed by atoms with Gasteiger partial charge in [-0.25, -0.2) is 0 Å². The van der Waals surface area contributed by atoms with Crippen LogP contribution in [0.15, 0.2) is 12.2 Å². The minimum atomic E-state index is -0.878. The van der Waals surface area contributed by atoms with Crippen LogP contribution in [0.1, 0.15) is 19.3 Å². The number of nitrogens with two attached hydrogens (primary N) is 1. The van der Waals surface area contributed by atoms with Crippen LogP contribution in [0.5, 0.6) is 0 Å². The van der Waals surface area contributed by atoms with Crippen LogP contribution >= 0.6 is 0 Å². The molecule has 2 fully saturated rings. The van der Waals surface area contributed by atoms with Crippen molar-refractivity contribution in [1.29, 1.82) is 0 Å². The monoisotopic (exact) mass is 292 g/mol. The maximum absolute atomic E-state index is 12.7. The first kappa shape index (κ1) is 14.1. The topological polar surface area (TPSA) is 101 Å². The molecule has 2 unspecified atom stereocenters. The number of carboxylic acids is 1. The minimum absolute atomic E-state index is 0.00962. The van der Waals surface area contributed by atoms with Crippen LogP contribution in [0, 0.1) is 29.6 Å². The molecule has 6 heteroatoms. The normalized spacial score (nSPS) is 35.1. The molecule has 0 radical (unpaired) electrons. The van der Waals surface area contributed by atoms with E-state index < -0.39 is 17.8 Å². The number of piperidine rings is 1. The van der Waals surface area contributed by atoms with Gasteiger partial charge in [-0.05, 0) is 31.1 Å². The molecule has 0 aromatic heterocycles. The zero-order chi connectivity index (χ0) is 15.1. The number of hydrogen-bond acceptors (Lipinski definition) is 3. The summed E-state index contributed by atoms with van der Waals surface area (Å²) in [6.45, 7) is 0.993. The molecule has 0 aromatic carbocycles. The summed E-state index contributed by atoms with van der Waals surface area (Å²) in [5.41, 5.74) is 5.29. The summed E-state index contributed by atoms with van der Waals surface area (Å²) in [5.74, 6) is -2.41. The standard InChI is InChI=1S/C15H20N2O4/c16-13(18)8-3-5-17(6-4-8)14(19)11-9-1-2-10(7-9)12(11)15(20)21/h1-2,8-12H,3-7H2,(H2,16,18)(H,20,21)/t9?,10?,11-,12+/m0/s1. The number of amides is 2. The molecule has 3 N–H and O–H groups in total. The van der Waals surface area contributed by atoms with E-state index in [1.165, 1.54) is 0 Å². The highest BCUT2D eigenvalue weighted by molar-refractivity contribution is 5.87. The Morgan fingerprint density at radius 3 is 2.14 bits per heavy atom. The van der Waals surface area contributed by atoms with Crippen molar-refractivity contribution in [1.82, 2.24) is 4.90 Å². The van der Waals surface area contributed by atoms with Gasteiger partial charge >= 0.3 is 5.97 Å². The first-order chi connectivity index (χ1) is 9.99. The number of fused-ring (bicyclic) bond motifs is 2. The van der Waals surface area contributed by atoms with Crippen molar-refractivity contribution in [3.05, 3.63) is 12.2 Å². The van der Waals surface area contributed by atoms with Crippen LogP contribution in [-0.2, 0) is 14.4 Å². The SMILES string of the molecule is NC(=O)C1CCN(C(=O)[C@H]2C3C=CC(C3)[C@H]2C(=O)O)CC1. The highest BCUT2D eigenvalue weighted by Gasteiger charge is 2.52. The van der Waals surface area contributed by atoms with Crippen molar-refractivity contribution < 1.29 is 19.5 Å². The maximum atomic E-state index is 12.7. The van der Waals surface area contributed by atoms with Crippen molar-refractivity contribution in [3.63, 3.8) is 0 Å². The third-order valence-corrected chi connectivity index (χ3v) is 5.24. The molecular weight excluding hydrogens is 272 g/mol. The smallest absolute Gasteiger partial charge is 0.307 e. The second-order valence-corrected chi connectivity index (χ2v) is 6.34. The fraction of sp³-hybridized carbons (Fsp3) is 0.667. The number of likely N-dealkylation sites (tertiary alicyclic amines) is 1. The lowest BCUT2D eigenvalue weighted by molar-refractivity contribution is -0.151. The Morgan fingerprint density at radius 1 is 1.05 bits per heavy atom. The largest absolute Gasteiger partial charge is 0.481 e. The Labute approximate surface area is 123 Å². The first-order valence-electron chi connectivity index (χ1n) is 7.48. The van der Waals surface area contributed by atoms with Crippen LogP contribution in [0.3, 0.4) is 0 Å². The third kappa shape index (κ3) is 2.32. The van der Waals surface area contributed by atoms with Gasteiger partial charge in [-0.15, -0.1) is 0 Å². The number of carbonyl (C=O) groups excluding carboxylic acids is 2. The van der Waals surface area contributed by atoms with E-state index >= 15 is 0 Å². The summed E-state index contributed by atoms with van der Waals surface area (Å²) >= 11 is 0. The van der Waals surface area contributed by atoms with Crippen LogP contribution in [0.2, 0.25) is 0 Å². The van der Waals surface area contributed by atoms with Gasteiger partial charge in [0.25, 0.3) is 0 Å². The molecule has 3 aliphatic rings. The van der Waals surface area contributed by atoms with Gasteiger partial charge in [0, 0.05) is 19.0 Å². The Bertz CT molecular complexity index is 508. The Hall–Kier alpha value is -1.85. The van der Waals surface area contributed by atoms with Crippen molar-refractivity contribution in [3.8, 4) is 0 Å². The maximum Gasteiger partial charge on any atom is 0.307 e. The fourth-order valence-electron chi connectivity index (χ4n) is 4.09. The summed E-state index contributed by atoms with van der Waals surface area (Å²) in [7, 11) is 0. The third-order valence-electron chi connectivity index (χ3n) is 5.24. The summed E-state index contributed by atoms with van der Waals surface area (Å²) in [5, 5.41) is 9.40. The van der Waals surface area contributed by atoms with Crippen LogP contribution in [-0.4, -0.2) is 40.9 Å². The molecule has 3 rings (SSSR count). The van der Waals surface area contributed by atoms with Crippen LogP contribution in [0.4, 0.5) is 0 Å². The summed E-state index contributed by atoms with van der Waals surface area (Å²) in [6.07, 6.45) is 5.85. The number of carboxylic acid groups (broad SMARTS) is 1. The highest BCUT2D eigenvalue weighted by Crippen LogP contribution is 2.49. The van der Waals surface area contributed by atoms with Crippen LogP contribution in [0.25, 0.3) is 0 Å². The van der Waals surface area contributed by atoms with Crippen molar-refractivity contribution in [2.45, 2.75) is 19.3 Å². The lowest BCUT2D eigenvalue weighted by Gasteiger charge is -2.35. The Morgan fingerprint density at radius 2 is 1.62 bits per heavy atom. The van der Waals surface area contributed by atoms with Gasteiger partial charge < -0.3 is 15.7 Å². The van der Waals surface area contributed by atoms with Gasteiger partial charge in [0.15, 0.2) is 0 Å². The quantitative estimate of drug-likeness (QED) is 0.727. The number of aliphatic carboxylic acids is 1. The summed E-state index contributed by atoms with van der Waals surface area (Å²) in [4.78, 5) is 37.0. The molecule has 2 bridgehead atoms. The molecule has 1 aliphatic heterocycles. The average molecular weight is 292 g/mol. The molecule has 6 nitrogen and oxygen atoms in total. The molecule has 0 spiro atoms. The van der Waals surface area contributed by atoms with E-state index in [1.807, 2.05) is 12.2 Å². The number of allylic oxidation sites excluding steroid dienone is 2. The number of rotatable bonds is 3. The zero-order valence-corrected chi connectivity index (χ0v) is 11.8. The molecule has 0 aromatic rings. The summed E-state index contributed by atoms with van der Waals surface area (Å²) in [6, 6.07) is 0. The van der Waals surface area contributed by atoms with Gasteiger partial charge in [0.1, 0.15) is 0 Å². The second kappa shape index (κ2) is 5.16. The van der Waals surface area contributed by atoms with Gasteiger partial charge in [-0.3, -0.25) is 14.4 Å². The highest BCUT2D eigenvalue weighted by atomic mass is 16.4. The van der Waals surface area contributed by atoms with E-state index in [4.69, 9.17) is 5.73 Å². The predicted molar refractivity (Wildman–Crippen MR) is 73.9 cm³/mol. The molecule has 2 amide bonds. The number of hydrogen-bond donors (Lipinski definition) is 2. The van der Waals surface area contributed by atoms with Crippen molar-refractivity contribution >= 4 is 17.8 Å². The molecule has 1 heterocycles. The summed E-state index contributed by atoms with van der Waals surface area (Å²) < 4.78 is 0. The van der Waals surface area contributed by atoms with Gasteiger partial charge in [-0.2, -0.15) is 0 Å². The predicted octanol–water partition coefficient (Wildman–Crippen LogP) is 0.233. The van der Waals surface area contributed by atoms with E-state index in [2.05, 4.69) is 0 Å². The second-order valence-electron chi connectivity index (χ2n) is 6.34. The van der Waals surface area contributed by atoms with E-state index in [1.54, 1.807) is 4.90 Å². The molecule has 114 valence electrons. The Kier molecular flexibility index (Phi) is 3.47. The van der Waals surface area contributed by atoms with Crippen molar-refractivity contribution in [2.75, 3.05) is 13.1 Å². The van der Waals surface area contributed by atoms with E-state index in [0.29, 0.717) is 25.9 Å². The zero-order valence-electron chi connectivity index (χ0n) is 11.8. The molecule has 4 atom stereocenters. The van der Waals surface area contributed by atoms with E-state index in [0.717, 1.165) is 6.42 Å². The molecule has 1 saturated carbocycles. The Balaban J connectivity index is 1.70. The fourth-order valence-corrected chi connectivity index (χ4v) is 4.09. The lowest BCUT2D eigenvalue weighted by atomic mass is 9.81. The molecule has 21 heavy (non-hydrogen) atoms. The van der Waals surface area contributed by atoms with Gasteiger partial charge in [0.05, 0.1) is 11.8 Å². The molecule has 2 aliphatic carbocycles. The van der Waals surface area contributed by atoms with E-state index in [9.17, 15) is 19.5 Å². The molecular formula is C15H20N2O4. The van der Waals surface area contributed by atoms with Gasteiger partial charge in [-0.1, -0.05) is 12.2 Å². The van der Waals surface area contributed by atoms with Gasteiger partial charge in [0.2, 0.25) is 11.8 Å². The number of carbonyl (C=O) groups is 3. The number of primary amides is 1. The van der Waals surface area contributed by atoms with E-state index in [-0.39, 0.29) is 29.6 Å². The van der Waals surface area contributed by atoms with Crippen LogP contribution < -0.4 is 5.73 Å². The lowest BCUT2D eigenvalue weighted by Crippen LogP contribution is -2.47.